The van der Waals surface area contributed by atoms with Crippen LogP contribution in [-0.4, -0.2) is 34.2 Å². The second-order valence-corrected chi connectivity index (χ2v) is 7.41. The molecule has 1 aliphatic heterocycles. The van der Waals surface area contributed by atoms with Gasteiger partial charge in [-0.3, -0.25) is 9.59 Å². The normalized spacial score (nSPS) is 16.9. The zero-order valence-corrected chi connectivity index (χ0v) is 16.6. The van der Waals surface area contributed by atoms with Gasteiger partial charge in [0.2, 0.25) is 5.91 Å². The maximum absolute atomic E-state index is 13.1. The number of carbonyl (C=O) groups excluding carboxylic acids is 2. The number of nitrogens with zero attached hydrogens (tertiary/aromatic N) is 2. The topological polar surface area (TPSA) is 89.2 Å². The molecule has 1 saturated heterocycles. The van der Waals surface area contributed by atoms with Gasteiger partial charge in [0.05, 0.1) is 12.0 Å². The van der Waals surface area contributed by atoms with Gasteiger partial charge in [0.25, 0.3) is 5.91 Å². The quantitative estimate of drug-likeness (QED) is 0.714. The summed E-state index contributed by atoms with van der Waals surface area (Å²) >= 11 is 0. The lowest BCUT2D eigenvalue weighted by Crippen LogP contribution is -2.45. The van der Waals surface area contributed by atoms with E-state index in [9.17, 15) is 9.59 Å². The Bertz CT molecular complexity index is 1040. The highest BCUT2D eigenvalue weighted by Gasteiger charge is 2.26. The zero-order valence-electron chi connectivity index (χ0n) is 16.6. The number of aryl methyl sites for hydroxylation is 2. The van der Waals surface area contributed by atoms with E-state index in [2.05, 4.69) is 15.7 Å². The highest BCUT2D eigenvalue weighted by atomic mass is 16.3. The standard InChI is InChI=1S/C22H24N4O3/c1-14-8-9-18(15(2)12-14)26-19(13-17(25-26)20-7-5-11-29-20)22(28)24-16-6-3-4-10-23-21(16)27/h5,7-9,11-13,16H,3-4,6,10H2,1-2H3,(H,23,27)(H,24,28)/t16-/m0/s1. The van der Waals surface area contributed by atoms with Crippen molar-refractivity contribution in [3.05, 3.63) is 59.5 Å². The van der Waals surface area contributed by atoms with Crippen LogP contribution in [0.5, 0.6) is 0 Å². The maximum Gasteiger partial charge on any atom is 0.270 e. The van der Waals surface area contributed by atoms with Crippen LogP contribution in [0, 0.1) is 13.8 Å². The summed E-state index contributed by atoms with van der Waals surface area (Å²) in [7, 11) is 0. The molecule has 2 aromatic heterocycles. The molecule has 2 amide bonds. The molecule has 1 atom stereocenters. The largest absolute Gasteiger partial charge is 0.463 e. The van der Waals surface area contributed by atoms with Crippen LogP contribution in [0.2, 0.25) is 0 Å². The molecule has 0 unspecified atom stereocenters. The maximum atomic E-state index is 13.1. The second kappa shape index (κ2) is 7.95. The molecule has 150 valence electrons. The number of amides is 2. The van der Waals surface area contributed by atoms with Crippen LogP contribution in [0.1, 0.15) is 40.9 Å². The van der Waals surface area contributed by atoms with Gasteiger partial charge in [-0.2, -0.15) is 5.10 Å². The number of hydrogen-bond acceptors (Lipinski definition) is 4. The zero-order chi connectivity index (χ0) is 20.4. The first-order chi connectivity index (χ1) is 14.0. The number of nitrogens with one attached hydrogen (secondary N) is 2. The minimum Gasteiger partial charge on any atom is -0.463 e. The van der Waals surface area contributed by atoms with Crippen molar-refractivity contribution in [1.82, 2.24) is 20.4 Å². The summed E-state index contributed by atoms with van der Waals surface area (Å²) in [4.78, 5) is 25.4. The highest BCUT2D eigenvalue weighted by molar-refractivity contribution is 5.97. The molecule has 7 heteroatoms. The Morgan fingerprint density at radius 3 is 2.86 bits per heavy atom. The SMILES string of the molecule is Cc1ccc(-n2nc(-c3ccco3)cc2C(=O)N[C@H]2CCCCNC2=O)c(C)c1. The van der Waals surface area contributed by atoms with Crippen LogP contribution in [0.25, 0.3) is 17.1 Å². The summed E-state index contributed by atoms with van der Waals surface area (Å²) in [5.74, 6) is 0.104. The molecule has 4 rings (SSSR count). The number of rotatable bonds is 4. The molecule has 7 nitrogen and oxygen atoms in total. The Balaban J connectivity index is 1.72. The summed E-state index contributed by atoms with van der Waals surface area (Å²) in [6, 6.07) is 10.7. The van der Waals surface area contributed by atoms with Gasteiger partial charge in [0.15, 0.2) is 5.76 Å². The summed E-state index contributed by atoms with van der Waals surface area (Å²) in [5.41, 5.74) is 3.86. The molecular weight excluding hydrogens is 368 g/mol. The van der Waals surface area contributed by atoms with Crippen LogP contribution >= 0.6 is 0 Å². The molecule has 2 N–H and O–H groups in total. The molecule has 0 saturated carbocycles. The minimum absolute atomic E-state index is 0.139. The van der Waals surface area contributed by atoms with Gasteiger partial charge in [-0.15, -0.1) is 0 Å². The van der Waals surface area contributed by atoms with Gasteiger partial charge in [0, 0.05) is 12.6 Å². The van der Waals surface area contributed by atoms with E-state index in [0.29, 0.717) is 30.1 Å². The van der Waals surface area contributed by atoms with Crippen molar-refractivity contribution in [1.29, 1.82) is 0 Å². The lowest BCUT2D eigenvalue weighted by Gasteiger charge is -2.16. The highest BCUT2D eigenvalue weighted by Crippen LogP contribution is 2.24. The van der Waals surface area contributed by atoms with E-state index in [1.54, 1.807) is 29.1 Å². The fourth-order valence-electron chi connectivity index (χ4n) is 3.62. The van der Waals surface area contributed by atoms with Crippen LogP contribution in [-0.2, 0) is 4.79 Å². The fourth-order valence-corrected chi connectivity index (χ4v) is 3.62. The summed E-state index contributed by atoms with van der Waals surface area (Å²) < 4.78 is 7.09. The molecule has 3 heterocycles. The van der Waals surface area contributed by atoms with Crippen molar-refractivity contribution in [2.45, 2.75) is 39.2 Å². The smallest absolute Gasteiger partial charge is 0.270 e. The van der Waals surface area contributed by atoms with Gasteiger partial charge in [-0.05, 0) is 56.9 Å². The van der Waals surface area contributed by atoms with Crippen molar-refractivity contribution in [2.24, 2.45) is 0 Å². The predicted molar refractivity (Wildman–Crippen MR) is 109 cm³/mol. The third kappa shape index (κ3) is 3.94. The molecule has 1 fully saturated rings. The molecule has 1 aromatic carbocycles. The van der Waals surface area contributed by atoms with E-state index in [1.807, 2.05) is 32.0 Å². The molecule has 0 radical (unpaired) electrons. The van der Waals surface area contributed by atoms with E-state index in [1.165, 1.54) is 0 Å². The average Bonchev–Trinajstić information content (AvgIpc) is 3.32. The summed E-state index contributed by atoms with van der Waals surface area (Å²) in [6.07, 6.45) is 4.00. The van der Waals surface area contributed by atoms with Crippen molar-refractivity contribution in [2.75, 3.05) is 6.54 Å². The third-order valence-electron chi connectivity index (χ3n) is 5.14. The molecule has 3 aromatic rings. The Morgan fingerprint density at radius 2 is 2.10 bits per heavy atom. The van der Waals surface area contributed by atoms with E-state index in [4.69, 9.17) is 4.42 Å². The van der Waals surface area contributed by atoms with Crippen LogP contribution in [0.3, 0.4) is 0 Å². The number of aromatic nitrogens is 2. The second-order valence-electron chi connectivity index (χ2n) is 7.41. The lowest BCUT2D eigenvalue weighted by atomic mass is 10.1. The van der Waals surface area contributed by atoms with Gasteiger partial charge >= 0.3 is 0 Å². The Hall–Kier alpha value is -3.35. The predicted octanol–water partition coefficient (Wildman–Crippen LogP) is 3.15. The molecule has 0 spiro atoms. The van der Waals surface area contributed by atoms with Crippen molar-refractivity contribution in [3.63, 3.8) is 0 Å². The van der Waals surface area contributed by atoms with Crippen molar-refractivity contribution < 1.29 is 14.0 Å². The molecule has 0 aliphatic carbocycles. The molecule has 1 aliphatic rings. The summed E-state index contributed by atoms with van der Waals surface area (Å²) in [5, 5.41) is 10.4. The number of furan rings is 1. The number of hydrogen-bond donors (Lipinski definition) is 2. The van der Waals surface area contributed by atoms with E-state index < -0.39 is 6.04 Å². The van der Waals surface area contributed by atoms with Crippen LogP contribution < -0.4 is 10.6 Å². The van der Waals surface area contributed by atoms with Gasteiger partial charge in [-0.1, -0.05) is 17.7 Å². The first-order valence-electron chi connectivity index (χ1n) is 9.83. The van der Waals surface area contributed by atoms with Crippen LogP contribution in [0.4, 0.5) is 0 Å². The third-order valence-corrected chi connectivity index (χ3v) is 5.14. The summed E-state index contributed by atoms with van der Waals surface area (Å²) in [6.45, 7) is 4.65. The lowest BCUT2D eigenvalue weighted by molar-refractivity contribution is -0.122. The van der Waals surface area contributed by atoms with Gasteiger partial charge in [0.1, 0.15) is 17.4 Å². The average molecular weight is 392 g/mol. The van der Waals surface area contributed by atoms with Gasteiger partial charge < -0.3 is 15.1 Å². The van der Waals surface area contributed by atoms with Crippen molar-refractivity contribution in [3.8, 4) is 17.1 Å². The van der Waals surface area contributed by atoms with Crippen LogP contribution in [0.15, 0.2) is 47.1 Å². The Morgan fingerprint density at radius 1 is 1.24 bits per heavy atom. The van der Waals surface area contributed by atoms with E-state index in [-0.39, 0.29) is 11.8 Å². The first-order valence-corrected chi connectivity index (χ1v) is 9.83. The minimum atomic E-state index is -0.542. The van der Waals surface area contributed by atoms with Gasteiger partial charge in [-0.25, -0.2) is 4.68 Å². The molecule has 29 heavy (non-hydrogen) atoms. The first kappa shape index (κ1) is 19.0. The monoisotopic (exact) mass is 392 g/mol. The molecular formula is C22H24N4O3. The Labute approximate surface area is 169 Å². The number of carbonyl (C=O) groups is 2. The van der Waals surface area contributed by atoms with E-state index >= 15 is 0 Å². The van der Waals surface area contributed by atoms with E-state index in [0.717, 1.165) is 29.7 Å². The Kier molecular flexibility index (Phi) is 5.20. The molecule has 0 bridgehead atoms. The van der Waals surface area contributed by atoms with Crippen molar-refractivity contribution >= 4 is 11.8 Å². The fraction of sp³-hybridized carbons (Fsp3) is 0.318. The number of benzene rings is 1.